The molecule has 1 aromatic rings. The molecule has 0 heterocycles. The molecule has 14 heavy (non-hydrogen) atoms. The fourth-order valence-electron chi connectivity index (χ4n) is 1.11. The van der Waals surface area contributed by atoms with Gasteiger partial charge in [-0.1, -0.05) is 12.1 Å². The summed E-state index contributed by atoms with van der Waals surface area (Å²) in [6.45, 7) is 1.64. The van der Waals surface area contributed by atoms with Crippen molar-refractivity contribution in [2.75, 3.05) is 0 Å². The zero-order valence-corrected chi connectivity index (χ0v) is 8.45. The number of hydrogen-bond donors (Lipinski definition) is 3. The third-order valence-corrected chi connectivity index (χ3v) is 2.39. The van der Waals surface area contributed by atoms with Gasteiger partial charge in [0, 0.05) is 6.04 Å². The topological polar surface area (TPSA) is 92.4 Å². The van der Waals surface area contributed by atoms with E-state index in [4.69, 9.17) is 10.2 Å². The predicted molar refractivity (Wildman–Crippen MR) is 52.8 cm³/mol. The minimum atomic E-state index is -3.72. The number of hydrogen-bond acceptors (Lipinski definition) is 3. The van der Waals surface area contributed by atoms with Gasteiger partial charge in [0.15, 0.2) is 0 Å². The largest absolute Gasteiger partial charge is 0.508 e. The Labute approximate surface area is 82.7 Å². The Balaban J connectivity index is 2.85. The molecule has 0 aliphatic carbocycles. The summed E-state index contributed by atoms with van der Waals surface area (Å²) in [5, 5.41) is 14.0. The molecular weight excluding hydrogens is 204 g/mol. The van der Waals surface area contributed by atoms with Gasteiger partial charge in [-0.15, -0.1) is 0 Å². The number of phenols is 1. The molecule has 0 saturated carbocycles. The van der Waals surface area contributed by atoms with Crippen molar-refractivity contribution in [1.82, 2.24) is 4.72 Å². The van der Waals surface area contributed by atoms with E-state index in [2.05, 4.69) is 4.72 Å². The van der Waals surface area contributed by atoms with Gasteiger partial charge in [0.1, 0.15) is 5.75 Å². The van der Waals surface area contributed by atoms with E-state index in [1.54, 1.807) is 19.1 Å². The standard InChI is InChI=1S/C8H12N2O3S/c1-6(10-14(9,12)13)7-3-2-4-8(11)5-7/h2-6,10-11H,1H3,(H2,9,12,13). The molecule has 0 aromatic heterocycles. The Morgan fingerprint density at radius 1 is 1.50 bits per heavy atom. The fraction of sp³-hybridized carbons (Fsp3) is 0.250. The molecule has 1 aromatic carbocycles. The number of benzene rings is 1. The van der Waals surface area contributed by atoms with Crippen molar-refractivity contribution in [3.05, 3.63) is 29.8 Å². The summed E-state index contributed by atoms with van der Waals surface area (Å²) < 4.78 is 23.6. The second-order valence-corrected chi connectivity index (χ2v) is 4.31. The number of aromatic hydroxyl groups is 1. The lowest BCUT2D eigenvalue weighted by Gasteiger charge is -2.11. The second kappa shape index (κ2) is 3.95. The van der Waals surface area contributed by atoms with E-state index in [1.165, 1.54) is 12.1 Å². The van der Waals surface area contributed by atoms with Crippen LogP contribution in [0.25, 0.3) is 0 Å². The van der Waals surface area contributed by atoms with Crippen LogP contribution < -0.4 is 9.86 Å². The van der Waals surface area contributed by atoms with Crippen molar-refractivity contribution in [3.63, 3.8) is 0 Å². The Hall–Kier alpha value is -1.11. The number of nitrogens with one attached hydrogen (secondary N) is 1. The van der Waals surface area contributed by atoms with Gasteiger partial charge in [-0.2, -0.15) is 13.1 Å². The van der Waals surface area contributed by atoms with Crippen molar-refractivity contribution in [2.24, 2.45) is 5.14 Å². The molecule has 0 fully saturated rings. The summed E-state index contributed by atoms with van der Waals surface area (Å²) in [6, 6.07) is 5.85. The minimum absolute atomic E-state index is 0.0885. The second-order valence-electron chi connectivity index (χ2n) is 2.98. The highest BCUT2D eigenvalue weighted by Gasteiger charge is 2.10. The average Bonchev–Trinajstić information content (AvgIpc) is 2.01. The monoisotopic (exact) mass is 216 g/mol. The molecule has 0 aliphatic heterocycles. The van der Waals surface area contributed by atoms with Crippen LogP contribution in [-0.4, -0.2) is 13.5 Å². The average molecular weight is 216 g/mol. The SMILES string of the molecule is CC(NS(N)(=O)=O)c1cccc(O)c1. The molecule has 5 nitrogen and oxygen atoms in total. The van der Waals surface area contributed by atoms with Crippen LogP contribution in [0, 0.1) is 0 Å². The number of phenolic OH excluding ortho intramolecular Hbond substituents is 1. The highest BCUT2D eigenvalue weighted by Crippen LogP contribution is 2.17. The first kappa shape index (κ1) is 11.0. The van der Waals surface area contributed by atoms with Crippen molar-refractivity contribution < 1.29 is 13.5 Å². The Morgan fingerprint density at radius 3 is 2.64 bits per heavy atom. The van der Waals surface area contributed by atoms with Crippen LogP contribution in [0.15, 0.2) is 24.3 Å². The molecule has 6 heteroatoms. The maximum absolute atomic E-state index is 10.7. The first-order valence-electron chi connectivity index (χ1n) is 3.97. The van der Waals surface area contributed by atoms with E-state index >= 15 is 0 Å². The highest BCUT2D eigenvalue weighted by atomic mass is 32.2. The summed E-state index contributed by atoms with van der Waals surface area (Å²) in [4.78, 5) is 0. The van der Waals surface area contributed by atoms with Crippen LogP contribution in [0.1, 0.15) is 18.5 Å². The molecular formula is C8H12N2O3S. The van der Waals surface area contributed by atoms with Gasteiger partial charge >= 0.3 is 0 Å². The minimum Gasteiger partial charge on any atom is -0.508 e. The number of rotatable bonds is 3. The zero-order chi connectivity index (χ0) is 10.8. The van der Waals surface area contributed by atoms with Gasteiger partial charge in [-0.25, -0.2) is 5.14 Å². The predicted octanol–water partition coefficient (Wildman–Crippen LogP) is 0.246. The first-order valence-corrected chi connectivity index (χ1v) is 5.52. The summed E-state index contributed by atoms with van der Waals surface area (Å²) in [6.07, 6.45) is 0. The molecule has 0 aliphatic rings. The molecule has 0 saturated heterocycles. The Kier molecular flexibility index (Phi) is 3.10. The highest BCUT2D eigenvalue weighted by molar-refractivity contribution is 7.87. The Morgan fingerprint density at radius 2 is 2.14 bits per heavy atom. The van der Waals surface area contributed by atoms with Gasteiger partial charge in [0.25, 0.3) is 10.2 Å². The van der Waals surface area contributed by atoms with Gasteiger partial charge < -0.3 is 5.11 Å². The van der Waals surface area contributed by atoms with Gasteiger partial charge in [-0.05, 0) is 24.6 Å². The van der Waals surface area contributed by atoms with Crippen LogP contribution in [-0.2, 0) is 10.2 Å². The molecule has 0 radical (unpaired) electrons. The maximum atomic E-state index is 10.7. The van der Waals surface area contributed by atoms with E-state index in [0.717, 1.165) is 0 Å². The molecule has 0 amide bonds. The van der Waals surface area contributed by atoms with E-state index in [1.807, 2.05) is 0 Å². The summed E-state index contributed by atoms with van der Waals surface area (Å²) >= 11 is 0. The lowest BCUT2D eigenvalue weighted by atomic mass is 10.1. The first-order chi connectivity index (χ1) is 6.38. The third-order valence-electron chi connectivity index (χ3n) is 1.71. The maximum Gasteiger partial charge on any atom is 0.274 e. The molecule has 1 atom stereocenters. The molecule has 0 bridgehead atoms. The van der Waals surface area contributed by atoms with Gasteiger partial charge in [-0.3, -0.25) is 0 Å². The lowest BCUT2D eigenvalue weighted by Crippen LogP contribution is -2.32. The molecule has 0 spiro atoms. The van der Waals surface area contributed by atoms with Gasteiger partial charge in [0.05, 0.1) is 0 Å². The molecule has 4 N–H and O–H groups in total. The molecule has 1 rings (SSSR count). The van der Waals surface area contributed by atoms with E-state index < -0.39 is 16.3 Å². The van der Waals surface area contributed by atoms with Crippen LogP contribution in [0.4, 0.5) is 0 Å². The van der Waals surface area contributed by atoms with Crippen LogP contribution >= 0.6 is 0 Å². The summed E-state index contributed by atoms with van der Waals surface area (Å²) in [5.74, 6) is 0.0885. The quantitative estimate of drug-likeness (QED) is 0.676. The van der Waals surface area contributed by atoms with Crippen molar-refractivity contribution in [1.29, 1.82) is 0 Å². The third kappa shape index (κ3) is 3.33. The van der Waals surface area contributed by atoms with Crippen LogP contribution in [0.3, 0.4) is 0 Å². The van der Waals surface area contributed by atoms with Crippen LogP contribution in [0.5, 0.6) is 5.75 Å². The van der Waals surface area contributed by atoms with Crippen molar-refractivity contribution in [3.8, 4) is 5.75 Å². The van der Waals surface area contributed by atoms with E-state index in [-0.39, 0.29) is 5.75 Å². The molecule has 1 unspecified atom stereocenters. The summed E-state index contributed by atoms with van der Waals surface area (Å²) in [5.41, 5.74) is 0.652. The zero-order valence-electron chi connectivity index (χ0n) is 7.64. The lowest BCUT2D eigenvalue weighted by molar-refractivity contribution is 0.473. The van der Waals surface area contributed by atoms with Crippen molar-refractivity contribution in [2.45, 2.75) is 13.0 Å². The van der Waals surface area contributed by atoms with Crippen LogP contribution in [0.2, 0.25) is 0 Å². The summed E-state index contributed by atoms with van der Waals surface area (Å²) in [7, 11) is -3.72. The normalized spacial score (nSPS) is 13.9. The fourth-order valence-corrected chi connectivity index (χ4v) is 1.74. The van der Waals surface area contributed by atoms with E-state index in [0.29, 0.717) is 5.56 Å². The number of nitrogens with two attached hydrogens (primary N) is 1. The molecule has 78 valence electrons. The Bertz CT molecular complexity index is 416. The van der Waals surface area contributed by atoms with Crippen molar-refractivity contribution >= 4 is 10.2 Å². The van der Waals surface area contributed by atoms with E-state index in [9.17, 15) is 8.42 Å². The van der Waals surface area contributed by atoms with Gasteiger partial charge in [0.2, 0.25) is 0 Å². The smallest absolute Gasteiger partial charge is 0.274 e.